The molecule has 1 atom stereocenters. The number of nitrogens with one attached hydrogen (secondary N) is 1. The maximum absolute atomic E-state index is 11.7. The van der Waals surface area contributed by atoms with E-state index in [1.165, 1.54) is 10.5 Å². The largest absolute Gasteiger partial charge is 0.392 e. The topological polar surface area (TPSA) is 66.6 Å². The van der Waals surface area contributed by atoms with Gasteiger partial charge in [-0.25, -0.2) is 4.98 Å². The van der Waals surface area contributed by atoms with Crippen molar-refractivity contribution >= 4 is 5.65 Å². The summed E-state index contributed by atoms with van der Waals surface area (Å²) in [4.78, 5) is 16.1. The van der Waals surface area contributed by atoms with Gasteiger partial charge in [-0.1, -0.05) is 6.07 Å². The van der Waals surface area contributed by atoms with Crippen LogP contribution in [0.1, 0.15) is 12.6 Å². The molecule has 2 aromatic heterocycles. The maximum atomic E-state index is 11.7. The van der Waals surface area contributed by atoms with E-state index in [2.05, 4.69) is 10.3 Å². The normalized spacial score (nSPS) is 12.8. The second-order valence-electron chi connectivity index (χ2n) is 3.99. The molecule has 1 unspecified atom stereocenters. The third-order valence-electron chi connectivity index (χ3n) is 2.37. The van der Waals surface area contributed by atoms with Gasteiger partial charge in [0, 0.05) is 25.4 Å². The Kier molecular flexibility index (Phi) is 3.51. The predicted octanol–water partition coefficient (Wildman–Crippen LogP) is 0.165. The van der Waals surface area contributed by atoms with Gasteiger partial charge < -0.3 is 10.4 Å². The molecule has 0 spiro atoms. The SMILES string of the molecule is CC(O)CNCc1cc(=O)n2ccccc2n1. The highest BCUT2D eigenvalue weighted by molar-refractivity contribution is 5.37. The van der Waals surface area contributed by atoms with Gasteiger partial charge in [0.05, 0.1) is 11.8 Å². The molecule has 0 aromatic carbocycles. The smallest absolute Gasteiger partial charge is 0.258 e. The standard InChI is InChI=1S/C12H15N3O2/c1-9(16)7-13-8-10-6-12(17)15-5-3-2-4-11(15)14-10/h2-6,9,13,16H,7-8H2,1H3. The Morgan fingerprint density at radius 1 is 1.53 bits per heavy atom. The van der Waals surface area contributed by atoms with Crippen LogP contribution in [0.15, 0.2) is 35.3 Å². The van der Waals surface area contributed by atoms with E-state index in [9.17, 15) is 4.79 Å². The molecule has 5 nitrogen and oxygen atoms in total. The number of nitrogens with zero attached hydrogens (tertiary/aromatic N) is 2. The number of pyridine rings is 1. The van der Waals surface area contributed by atoms with Gasteiger partial charge >= 0.3 is 0 Å². The van der Waals surface area contributed by atoms with Crippen molar-refractivity contribution in [3.63, 3.8) is 0 Å². The van der Waals surface area contributed by atoms with Crippen molar-refractivity contribution in [3.8, 4) is 0 Å². The molecule has 0 bridgehead atoms. The highest BCUT2D eigenvalue weighted by atomic mass is 16.3. The lowest BCUT2D eigenvalue weighted by Gasteiger charge is -2.07. The number of aliphatic hydroxyl groups excluding tert-OH is 1. The third-order valence-corrected chi connectivity index (χ3v) is 2.37. The summed E-state index contributed by atoms with van der Waals surface area (Å²) >= 11 is 0. The molecule has 90 valence electrons. The molecule has 0 saturated carbocycles. The van der Waals surface area contributed by atoms with Crippen LogP contribution in [0.3, 0.4) is 0 Å². The Hall–Kier alpha value is -1.72. The molecule has 0 saturated heterocycles. The summed E-state index contributed by atoms with van der Waals surface area (Å²) in [5.74, 6) is 0. The number of fused-ring (bicyclic) bond motifs is 1. The predicted molar refractivity (Wildman–Crippen MR) is 64.8 cm³/mol. The fourth-order valence-corrected chi connectivity index (χ4v) is 1.60. The number of aliphatic hydroxyl groups is 1. The molecule has 0 aliphatic rings. The maximum Gasteiger partial charge on any atom is 0.258 e. The molecule has 5 heteroatoms. The summed E-state index contributed by atoms with van der Waals surface area (Å²) in [6.07, 6.45) is 1.29. The molecule has 17 heavy (non-hydrogen) atoms. The van der Waals surface area contributed by atoms with Crippen molar-refractivity contribution in [1.29, 1.82) is 0 Å². The van der Waals surface area contributed by atoms with E-state index in [-0.39, 0.29) is 5.56 Å². The molecule has 0 aliphatic carbocycles. The molecule has 2 N–H and O–H groups in total. The van der Waals surface area contributed by atoms with E-state index < -0.39 is 6.10 Å². The summed E-state index contributed by atoms with van der Waals surface area (Å²) in [5, 5.41) is 12.1. The van der Waals surface area contributed by atoms with E-state index in [1.807, 2.05) is 6.07 Å². The van der Waals surface area contributed by atoms with Gasteiger partial charge in [0.15, 0.2) is 0 Å². The van der Waals surface area contributed by atoms with Gasteiger partial charge in [0.2, 0.25) is 0 Å². The minimum absolute atomic E-state index is 0.0931. The van der Waals surface area contributed by atoms with Crippen LogP contribution < -0.4 is 10.9 Å². The molecule has 0 amide bonds. The van der Waals surface area contributed by atoms with Gasteiger partial charge in [-0.05, 0) is 19.1 Å². The van der Waals surface area contributed by atoms with E-state index in [0.717, 1.165) is 0 Å². The first-order valence-corrected chi connectivity index (χ1v) is 5.53. The molecule has 0 radical (unpaired) electrons. The number of hydrogen-bond acceptors (Lipinski definition) is 4. The first kappa shape index (κ1) is 11.8. The minimum Gasteiger partial charge on any atom is -0.392 e. The summed E-state index contributed by atoms with van der Waals surface area (Å²) in [5.41, 5.74) is 1.22. The minimum atomic E-state index is -0.406. The highest BCUT2D eigenvalue weighted by Crippen LogP contribution is 1.98. The lowest BCUT2D eigenvalue weighted by atomic mass is 10.3. The van der Waals surface area contributed by atoms with Crippen molar-refractivity contribution in [2.45, 2.75) is 19.6 Å². The van der Waals surface area contributed by atoms with Crippen molar-refractivity contribution in [3.05, 3.63) is 46.5 Å². The Morgan fingerprint density at radius 2 is 2.35 bits per heavy atom. The zero-order valence-electron chi connectivity index (χ0n) is 9.63. The first-order chi connectivity index (χ1) is 8.16. The first-order valence-electron chi connectivity index (χ1n) is 5.53. The monoisotopic (exact) mass is 233 g/mol. The zero-order chi connectivity index (χ0) is 12.3. The number of rotatable bonds is 4. The fraction of sp³-hybridized carbons (Fsp3) is 0.333. The Balaban J connectivity index is 2.22. The molecular weight excluding hydrogens is 218 g/mol. The number of hydrogen-bond donors (Lipinski definition) is 2. The van der Waals surface area contributed by atoms with Crippen molar-refractivity contribution in [1.82, 2.24) is 14.7 Å². The van der Waals surface area contributed by atoms with Crippen LogP contribution in [0.5, 0.6) is 0 Å². The second kappa shape index (κ2) is 5.07. The Bertz CT molecular complexity index is 563. The quantitative estimate of drug-likeness (QED) is 0.789. The van der Waals surface area contributed by atoms with Crippen LogP contribution in [0.4, 0.5) is 0 Å². The van der Waals surface area contributed by atoms with Crippen LogP contribution in [0, 0.1) is 0 Å². The molecule has 2 heterocycles. The van der Waals surface area contributed by atoms with Crippen LogP contribution in [-0.4, -0.2) is 27.1 Å². The summed E-state index contributed by atoms with van der Waals surface area (Å²) in [6, 6.07) is 6.93. The molecule has 0 fully saturated rings. The average Bonchev–Trinajstić information content (AvgIpc) is 2.28. The van der Waals surface area contributed by atoms with E-state index >= 15 is 0 Å². The van der Waals surface area contributed by atoms with E-state index in [4.69, 9.17) is 5.11 Å². The van der Waals surface area contributed by atoms with Crippen molar-refractivity contribution < 1.29 is 5.11 Å². The second-order valence-corrected chi connectivity index (χ2v) is 3.99. The Labute approximate surface area is 98.7 Å². The van der Waals surface area contributed by atoms with Gasteiger partial charge in [-0.3, -0.25) is 9.20 Å². The summed E-state index contributed by atoms with van der Waals surface area (Å²) in [6.45, 7) is 2.66. The molecule has 0 aliphatic heterocycles. The molecule has 2 rings (SSSR count). The lowest BCUT2D eigenvalue weighted by molar-refractivity contribution is 0.191. The lowest BCUT2D eigenvalue weighted by Crippen LogP contribution is -2.25. The van der Waals surface area contributed by atoms with Crippen LogP contribution >= 0.6 is 0 Å². The van der Waals surface area contributed by atoms with Crippen LogP contribution in [-0.2, 0) is 6.54 Å². The van der Waals surface area contributed by atoms with Gasteiger partial charge in [-0.15, -0.1) is 0 Å². The molecule has 2 aromatic rings. The van der Waals surface area contributed by atoms with Gasteiger partial charge in [-0.2, -0.15) is 0 Å². The number of aromatic nitrogens is 2. The highest BCUT2D eigenvalue weighted by Gasteiger charge is 2.02. The van der Waals surface area contributed by atoms with Crippen LogP contribution in [0.25, 0.3) is 5.65 Å². The Morgan fingerprint density at radius 3 is 3.12 bits per heavy atom. The fourth-order valence-electron chi connectivity index (χ4n) is 1.60. The van der Waals surface area contributed by atoms with Crippen LogP contribution in [0.2, 0.25) is 0 Å². The van der Waals surface area contributed by atoms with Crippen molar-refractivity contribution in [2.24, 2.45) is 0 Å². The van der Waals surface area contributed by atoms with Gasteiger partial charge in [0.1, 0.15) is 5.65 Å². The van der Waals surface area contributed by atoms with Crippen molar-refractivity contribution in [2.75, 3.05) is 6.54 Å². The third kappa shape index (κ3) is 2.89. The summed E-state index contributed by atoms with van der Waals surface area (Å²) < 4.78 is 1.50. The summed E-state index contributed by atoms with van der Waals surface area (Å²) in [7, 11) is 0. The van der Waals surface area contributed by atoms with Gasteiger partial charge in [0.25, 0.3) is 5.56 Å². The van der Waals surface area contributed by atoms with E-state index in [1.54, 1.807) is 25.3 Å². The zero-order valence-corrected chi connectivity index (χ0v) is 9.63. The average molecular weight is 233 g/mol. The molecular formula is C12H15N3O2. The van der Waals surface area contributed by atoms with E-state index in [0.29, 0.717) is 24.4 Å².